The van der Waals surface area contributed by atoms with Crippen LogP contribution in [0.3, 0.4) is 0 Å². The second-order valence-electron chi connectivity index (χ2n) is 4.09. The van der Waals surface area contributed by atoms with Crippen LogP contribution in [0.15, 0.2) is 12.1 Å². The first-order chi connectivity index (χ1) is 6.86. The van der Waals surface area contributed by atoms with Crippen LogP contribution in [0, 0.1) is 0 Å². The van der Waals surface area contributed by atoms with E-state index in [-0.39, 0.29) is 13.5 Å². The summed E-state index contributed by atoms with van der Waals surface area (Å²) in [5, 5.41) is 3.60. The third-order valence-electron chi connectivity index (χ3n) is 3.25. The lowest BCUT2D eigenvalue weighted by atomic mass is 10.0. The molecule has 2 aliphatic rings. The SMILES string of the molecule is COc1ccc2c(n1)CC1CCC2N1.S. The molecule has 4 heteroatoms. The molecular weight excluding hydrogens is 208 g/mol. The fourth-order valence-corrected chi connectivity index (χ4v) is 2.55. The molecule has 0 aromatic carbocycles. The lowest BCUT2D eigenvalue weighted by Gasteiger charge is -2.23. The van der Waals surface area contributed by atoms with Gasteiger partial charge < -0.3 is 10.1 Å². The number of ether oxygens (including phenoxy) is 1. The third-order valence-corrected chi connectivity index (χ3v) is 3.25. The number of pyridine rings is 1. The first kappa shape index (κ1) is 10.8. The Morgan fingerprint density at radius 1 is 1.40 bits per heavy atom. The molecule has 1 N–H and O–H groups in total. The predicted molar refractivity (Wildman–Crippen MR) is 63.8 cm³/mol. The lowest BCUT2D eigenvalue weighted by molar-refractivity contribution is 0.392. The van der Waals surface area contributed by atoms with Gasteiger partial charge in [-0.2, -0.15) is 13.5 Å². The summed E-state index contributed by atoms with van der Waals surface area (Å²) in [7, 11) is 1.67. The van der Waals surface area contributed by atoms with Crippen molar-refractivity contribution in [3.63, 3.8) is 0 Å². The highest BCUT2D eigenvalue weighted by atomic mass is 32.1. The highest BCUT2D eigenvalue weighted by molar-refractivity contribution is 7.59. The van der Waals surface area contributed by atoms with Crippen LogP contribution in [0.4, 0.5) is 0 Å². The molecule has 2 unspecified atom stereocenters. The van der Waals surface area contributed by atoms with E-state index in [1.807, 2.05) is 6.07 Å². The third kappa shape index (κ3) is 1.72. The van der Waals surface area contributed by atoms with E-state index < -0.39 is 0 Å². The zero-order valence-corrected chi connectivity index (χ0v) is 9.79. The minimum Gasteiger partial charge on any atom is -0.481 e. The highest BCUT2D eigenvalue weighted by Gasteiger charge is 2.32. The van der Waals surface area contributed by atoms with E-state index in [4.69, 9.17) is 4.74 Å². The second kappa shape index (κ2) is 4.02. The van der Waals surface area contributed by atoms with Crippen LogP contribution in [0.25, 0.3) is 0 Å². The number of nitrogens with zero attached hydrogens (tertiary/aromatic N) is 1. The summed E-state index contributed by atoms with van der Waals surface area (Å²) in [5.41, 5.74) is 2.61. The van der Waals surface area contributed by atoms with E-state index in [1.165, 1.54) is 24.1 Å². The van der Waals surface area contributed by atoms with Crippen LogP contribution in [0.2, 0.25) is 0 Å². The number of aromatic nitrogens is 1. The molecule has 1 fully saturated rings. The Balaban J connectivity index is 0.000000853. The van der Waals surface area contributed by atoms with Crippen LogP contribution >= 0.6 is 13.5 Å². The van der Waals surface area contributed by atoms with Crippen molar-refractivity contribution in [2.45, 2.75) is 31.3 Å². The average Bonchev–Trinajstić information content (AvgIpc) is 2.61. The summed E-state index contributed by atoms with van der Waals surface area (Å²) in [6.45, 7) is 0. The molecule has 0 spiro atoms. The van der Waals surface area contributed by atoms with E-state index in [2.05, 4.69) is 16.4 Å². The van der Waals surface area contributed by atoms with Crippen molar-refractivity contribution in [2.75, 3.05) is 7.11 Å². The van der Waals surface area contributed by atoms with E-state index in [0.717, 1.165) is 12.3 Å². The quantitative estimate of drug-likeness (QED) is 0.786. The molecule has 0 aliphatic carbocycles. The van der Waals surface area contributed by atoms with Gasteiger partial charge in [0.2, 0.25) is 5.88 Å². The summed E-state index contributed by atoms with van der Waals surface area (Å²) in [6.07, 6.45) is 3.60. The number of hydrogen-bond donors (Lipinski definition) is 1. The minimum atomic E-state index is 0. The molecule has 1 aromatic rings. The molecule has 15 heavy (non-hydrogen) atoms. The Kier molecular flexibility index (Phi) is 2.89. The summed E-state index contributed by atoms with van der Waals surface area (Å²) in [4.78, 5) is 4.51. The fraction of sp³-hybridized carbons (Fsp3) is 0.545. The molecule has 3 nitrogen and oxygen atoms in total. The largest absolute Gasteiger partial charge is 0.481 e. The van der Waals surface area contributed by atoms with Crippen LogP contribution in [0.5, 0.6) is 5.88 Å². The molecule has 0 radical (unpaired) electrons. The smallest absolute Gasteiger partial charge is 0.213 e. The maximum Gasteiger partial charge on any atom is 0.213 e. The normalized spacial score (nSPS) is 26.7. The first-order valence-corrected chi connectivity index (χ1v) is 5.16. The predicted octanol–water partition coefficient (Wildman–Crippen LogP) is 1.55. The number of rotatable bonds is 1. The van der Waals surface area contributed by atoms with E-state index >= 15 is 0 Å². The van der Waals surface area contributed by atoms with Crippen LogP contribution < -0.4 is 10.1 Å². The Morgan fingerprint density at radius 2 is 2.27 bits per heavy atom. The van der Waals surface area contributed by atoms with Crippen molar-refractivity contribution in [1.82, 2.24) is 10.3 Å². The molecular formula is C11H16N2OS. The second-order valence-corrected chi connectivity index (χ2v) is 4.09. The monoisotopic (exact) mass is 224 g/mol. The van der Waals surface area contributed by atoms with Gasteiger partial charge in [0.15, 0.2) is 0 Å². The fourth-order valence-electron chi connectivity index (χ4n) is 2.55. The van der Waals surface area contributed by atoms with Crippen molar-refractivity contribution >= 4 is 13.5 Å². The van der Waals surface area contributed by atoms with Gasteiger partial charge in [0.1, 0.15) is 0 Å². The molecule has 82 valence electrons. The van der Waals surface area contributed by atoms with Gasteiger partial charge in [-0.25, -0.2) is 4.98 Å². The Bertz CT molecular complexity index is 370. The van der Waals surface area contributed by atoms with E-state index in [9.17, 15) is 0 Å². The molecule has 1 saturated heterocycles. The first-order valence-electron chi connectivity index (χ1n) is 5.16. The minimum absolute atomic E-state index is 0. The summed E-state index contributed by atoms with van der Waals surface area (Å²) in [5.74, 6) is 0.741. The maximum atomic E-state index is 5.14. The Morgan fingerprint density at radius 3 is 3.07 bits per heavy atom. The number of nitrogens with one attached hydrogen (secondary N) is 1. The van der Waals surface area contributed by atoms with Crippen molar-refractivity contribution < 1.29 is 4.74 Å². The van der Waals surface area contributed by atoms with Gasteiger partial charge >= 0.3 is 0 Å². The van der Waals surface area contributed by atoms with E-state index in [1.54, 1.807) is 7.11 Å². The topological polar surface area (TPSA) is 34.1 Å². The Labute approximate surface area is 96.7 Å². The summed E-state index contributed by atoms with van der Waals surface area (Å²) >= 11 is 0. The molecule has 0 saturated carbocycles. The van der Waals surface area contributed by atoms with Crippen LogP contribution in [0.1, 0.15) is 30.1 Å². The van der Waals surface area contributed by atoms with Gasteiger partial charge in [-0.1, -0.05) is 6.07 Å². The standard InChI is InChI=1S/C11H14N2O.H2S/c1-14-11-5-3-8-9-4-2-7(12-9)6-10(8)13-11;/h3,5,7,9,12H,2,4,6H2,1H3;1H2. The number of hydrogen-bond acceptors (Lipinski definition) is 3. The molecule has 3 heterocycles. The lowest BCUT2D eigenvalue weighted by Crippen LogP contribution is -2.32. The van der Waals surface area contributed by atoms with Gasteiger partial charge in [-0.05, 0) is 18.4 Å². The van der Waals surface area contributed by atoms with Crippen molar-refractivity contribution in [3.8, 4) is 5.88 Å². The Hall–Kier alpha value is -0.740. The molecule has 1 aromatic heterocycles. The van der Waals surface area contributed by atoms with E-state index in [0.29, 0.717) is 12.1 Å². The van der Waals surface area contributed by atoms with Gasteiger partial charge in [0.25, 0.3) is 0 Å². The van der Waals surface area contributed by atoms with Crippen molar-refractivity contribution in [3.05, 3.63) is 23.4 Å². The molecule has 0 amide bonds. The van der Waals surface area contributed by atoms with Gasteiger partial charge in [0, 0.05) is 24.6 Å². The van der Waals surface area contributed by atoms with Gasteiger partial charge in [-0.15, -0.1) is 0 Å². The molecule has 2 aliphatic heterocycles. The van der Waals surface area contributed by atoms with Crippen LogP contribution in [-0.2, 0) is 6.42 Å². The summed E-state index contributed by atoms with van der Waals surface area (Å²) < 4.78 is 5.14. The highest BCUT2D eigenvalue weighted by Crippen LogP contribution is 2.35. The summed E-state index contributed by atoms with van der Waals surface area (Å²) in [6, 6.07) is 5.30. The van der Waals surface area contributed by atoms with Crippen molar-refractivity contribution in [1.29, 1.82) is 0 Å². The van der Waals surface area contributed by atoms with Crippen LogP contribution in [-0.4, -0.2) is 18.1 Å². The van der Waals surface area contributed by atoms with Gasteiger partial charge in [0.05, 0.1) is 12.8 Å². The number of methoxy groups -OCH3 is 1. The number of fused-ring (bicyclic) bond motifs is 4. The van der Waals surface area contributed by atoms with Gasteiger partial charge in [-0.3, -0.25) is 0 Å². The average molecular weight is 224 g/mol. The van der Waals surface area contributed by atoms with Crippen molar-refractivity contribution in [2.24, 2.45) is 0 Å². The molecule has 2 bridgehead atoms. The zero-order valence-electron chi connectivity index (χ0n) is 8.79. The molecule has 2 atom stereocenters. The zero-order chi connectivity index (χ0) is 9.54. The molecule has 3 rings (SSSR count). The maximum absolute atomic E-state index is 5.14.